The number of sulfonamides is 1. The maximum Gasteiger partial charge on any atom is 0.232 e. The summed E-state index contributed by atoms with van der Waals surface area (Å²) in [5, 5.41) is 8.62. The number of aliphatic hydroxyl groups excluding tert-OH is 1. The van der Waals surface area contributed by atoms with Crippen LogP contribution in [-0.4, -0.2) is 25.9 Å². The van der Waals surface area contributed by atoms with Crippen molar-refractivity contribution in [3.63, 3.8) is 0 Å². The maximum absolute atomic E-state index is 11.7. The quantitative estimate of drug-likeness (QED) is 0.723. The number of rotatable bonds is 5. The smallest absolute Gasteiger partial charge is 0.232 e. The molecule has 0 bridgehead atoms. The van der Waals surface area contributed by atoms with Crippen LogP contribution in [0.1, 0.15) is 6.42 Å². The van der Waals surface area contributed by atoms with Crippen LogP contribution in [0.5, 0.6) is 0 Å². The second-order valence-electron chi connectivity index (χ2n) is 3.24. The molecular formula is C9H10Br3NO3S. The molecule has 0 amide bonds. The van der Waals surface area contributed by atoms with Crippen LogP contribution in [0.4, 0.5) is 5.69 Å². The summed E-state index contributed by atoms with van der Waals surface area (Å²) < 4.78 is 27.9. The van der Waals surface area contributed by atoms with Crippen molar-refractivity contribution in [3.05, 3.63) is 25.6 Å². The van der Waals surface area contributed by atoms with Crippen LogP contribution >= 0.6 is 47.8 Å². The summed E-state index contributed by atoms with van der Waals surface area (Å²) >= 11 is 9.86. The molecule has 4 nitrogen and oxygen atoms in total. The number of hydrogen-bond acceptors (Lipinski definition) is 3. The summed E-state index contributed by atoms with van der Waals surface area (Å²) in [7, 11) is -3.44. The summed E-state index contributed by atoms with van der Waals surface area (Å²) in [6.07, 6.45) is 0.209. The zero-order valence-corrected chi connectivity index (χ0v) is 14.2. The summed E-state index contributed by atoms with van der Waals surface area (Å²) in [4.78, 5) is 0. The predicted octanol–water partition coefficient (Wildman–Crippen LogP) is 3.10. The monoisotopic (exact) mass is 449 g/mol. The number of benzene rings is 1. The van der Waals surface area contributed by atoms with E-state index in [2.05, 4.69) is 52.5 Å². The van der Waals surface area contributed by atoms with E-state index < -0.39 is 10.0 Å². The normalized spacial score (nSPS) is 11.5. The highest BCUT2D eigenvalue weighted by Gasteiger charge is 2.14. The van der Waals surface area contributed by atoms with Gasteiger partial charge in [-0.15, -0.1) is 0 Å². The van der Waals surface area contributed by atoms with Gasteiger partial charge in [0.15, 0.2) is 0 Å². The van der Waals surface area contributed by atoms with E-state index in [1.165, 1.54) is 0 Å². The van der Waals surface area contributed by atoms with Crippen LogP contribution in [0.2, 0.25) is 0 Å². The van der Waals surface area contributed by atoms with Crippen LogP contribution in [0, 0.1) is 0 Å². The highest BCUT2D eigenvalue weighted by Crippen LogP contribution is 2.34. The SMILES string of the molecule is O=S(=O)(CCCO)Nc1c(Br)cc(Br)cc1Br. The molecule has 0 saturated heterocycles. The van der Waals surface area contributed by atoms with Crippen LogP contribution in [0.25, 0.3) is 0 Å². The van der Waals surface area contributed by atoms with E-state index in [4.69, 9.17) is 5.11 Å². The van der Waals surface area contributed by atoms with E-state index in [0.717, 1.165) is 4.47 Å². The van der Waals surface area contributed by atoms with Gasteiger partial charge in [-0.1, -0.05) is 15.9 Å². The van der Waals surface area contributed by atoms with Crippen LogP contribution in [0.15, 0.2) is 25.6 Å². The summed E-state index contributed by atoms with van der Waals surface area (Å²) in [6.45, 7) is -0.149. The van der Waals surface area contributed by atoms with Gasteiger partial charge in [-0.2, -0.15) is 0 Å². The van der Waals surface area contributed by atoms with Gasteiger partial charge in [0.2, 0.25) is 10.0 Å². The Labute approximate surface area is 125 Å². The molecule has 0 unspecified atom stereocenters. The zero-order chi connectivity index (χ0) is 13.1. The molecule has 0 fully saturated rings. The van der Waals surface area contributed by atoms with Crippen molar-refractivity contribution in [2.75, 3.05) is 17.1 Å². The molecule has 0 aliphatic rings. The molecular weight excluding hydrogens is 442 g/mol. The molecule has 8 heteroatoms. The maximum atomic E-state index is 11.7. The van der Waals surface area contributed by atoms with Gasteiger partial charge >= 0.3 is 0 Å². The molecule has 96 valence electrons. The van der Waals surface area contributed by atoms with E-state index in [9.17, 15) is 8.42 Å². The first-order chi connectivity index (χ1) is 7.85. The van der Waals surface area contributed by atoms with Crippen LogP contribution in [0.3, 0.4) is 0 Å². The standard InChI is InChI=1S/C9H10Br3NO3S/c10-6-4-7(11)9(8(12)5-6)13-17(15,16)3-1-2-14/h4-5,13-14H,1-3H2. The van der Waals surface area contributed by atoms with Gasteiger partial charge in [-0.25, -0.2) is 8.42 Å². The van der Waals surface area contributed by atoms with Gasteiger partial charge in [0.05, 0.1) is 11.4 Å². The third-order valence-electron chi connectivity index (χ3n) is 1.84. The molecule has 0 atom stereocenters. The average molecular weight is 452 g/mol. The first kappa shape index (κ1) is 15.4. The van der Waals surface area contributed by atoms with Crippen molar-refractivity contribution in [1.29, 1.82) is 0 Å². The number of nitrogens with one attached hydrogen (secondary N) is 1. The summed E-state index contributed by atoms with van der Waals surface area (Å²) in [5.74, 6) is -0.113. The Bertz CT molecular complexity index is 481. The first-order valence-electron chi connectivity index (χ1n) is 4.61. The minimum atomic E-state index is -3.44. The fourth-order valence-corrected chi connectivity index (χ4v) is 4.96. The Hall–Kier alpha value is 0.370. The average Bonchev–Trinajstić information content (AvgIpc) is 2.21. The van der Waals surface area contributed by atoms with E-state index in [1.54, 1.807) is 12.1 Å². The lowest BCUT2D eigenvalue weighted by Gasteiger charge is -2.11. The Morgan fingerprint density at radius 3 is 2.18 bits per heavy atom. The molecule has 0 saturated carbocycles. The molecule has 2 N–H and O–H groups in total. The lowest BCUT2D eigenvalue weighted by Crippen LogP contribution is -2.18. The number of aliphatic hydroxyl groups is 1. The molecule has 0 aliphatic heterocycles. The highest BCUT2D eigenvalue weighted by atomic mass is 79.9. The molecule has 0 radical (unpaired) electrons. The molecule has 0 spiro atoms. The Morgan fingerprint density at radius 2 is 1.71 bits per heavy atom. The van der Waals surface area contributed by atoms with Crippen molar-refractivity contribution in [3.8, 4) is 0 Å². The predicted molar refractivity (Wildman–Crippen MR) is 78.7 cm³/mol. The summed E-state index contributed by atoms with van der Waals surface area (Å²) in [5.41, 5.74) is 0.450. The third-order valence-corrected chi connectivity index (χ3v) is 4.89. The lowest BCUT2D eigenvalue weighted by molar-refractivity contribution is 0.295. The van der Waals surface area contributed by atoms with Gasteiger partial charge in [0.25, 0.3) is 0 Å². The van der Waals surface area contributed by atoms with Crippen LogP contribution < -0.4 is 4.72 Å². The van der Waals surface area contributed by atoms with Crippen molar-refractivity contribution in [1.82, 2.24) is 0 Å². The number of halogens is 3. The number of hydrogen-bond donors (Lipinski definition) is 2. The zero-order valence-electron chi connectivity index (χ0n) is 8.58. The molecule has 0 aliphatic carbocycles. The fraction of sp³-hybridized carbons (Fsp3) is 0.333. The molecule has 1 aromatic rings. The molecule has 17 heavy (non-hydrogen) atoms. The van der Waals surface area contributed by atoms with E-state index in [-0.39, 0.29) is 18.8 Å². The van der Waals surface area contributed by atoms with Gasteiger partial charge in [-0.05, 0) is 50.4 Å². The van der Waals surface area contributed by atoms with E-state index in [0.29, 0.717) is 14.6 Å². The highest BCUT2D eigenvalue weighted by molar-refractivity contribution is 9.11. The lowest BCUT2D eigenvalue weighted by atomic mass is 10.3. The second-order valence-corrected chi connectivity index (χ2v) is 7.71. The Kier molecular flexibility index (Phi) is 5.91. The van der Waals surface area contributed by atoms with Gasteiger partial charge in [0.1, 0.15) is 0 Å². The fourth-order valence-electron chi connectivity index (χ4n) is 1.10. The van der Waals surface area contributed by atoms with Crippen molar-refractivity contribution < 1.29 is 13.5 Å². The number of anilines is 1. The first-order valence-corrected chi connectivity index (χ1v) is 8.65. The van der Waals surface area contributed by atoms with Crippen LogP contribution in [-0.2, 0) is 10.0 Å². The minimum Gasteiger partial charge on any atom is -0.396 e. The van der Waals surface area contributed by atoms with E-state index >= 15 is 0 Å². The Balaban J connectivity index is 2.96. The van der Waals surface area contributed by atoms with Gasteiger partial charge in [-0.3, -0.25) is 4.72 Å². The molecule has 0 aromatic heterocycles. The Morgan fingerprint density at radius 1 is 1.18 bits per heavy atom. The van der Waals surface area contributed by atoms with E-state index in [1.807, 2.05) is 0 Å². The minimum absolute atomic E-state index is 0.113. The molecule has 1 rings (SSSR count). The van der Waals surface area contributed by atoms with Crippen molar-refractivity contribution >= 4 is 63.5 Å². The molecule has 0 heterocycles. The largest absolute Gasteiger partial charge is 0.396 e. The molecule has 1 aromatic carbocycles. The second kappa shape index (κ2) is 6.51. The summed E-state index contributed by atoms with van der Waals surface area (Å²) in [6, 6.07) is 3.49. The topological polar surface area (TPSA) is 66.4 Å². The van der Waals surface area contributed by atoms with Crippen molar-refractivity contribution in [2.24, 2.45) is 0 Å². The van der Waals surface area contributed by atoms with Gasteiger partial charge in [0, 0.05) is 20.0 Å². The van der Waals surface area contributed by atoms with Gasteiger partial charge < -0.3 is 5.11 Å². The van der Waals surface area contributed by atoms with Crippen molar-refractivity contribution in [2.45, 2.75) is 6.42 Å². The third kappa shape index (κ3) is 4.86.